The van der Waals surface area contributed by atoms with Crippen molar-refractivity contribution in [1.29, 1.82) is 5.26 Å². The topological polar surface area (TPSA) is 59.3 Å². The van der Waals surface area contributed by atoms with Crippen LogP contribution >= 0.6 is 0 Å². The highest BCUT2D eigenvalue weighted by Crippen LogP contribution is 2.11. The average Bonchev–Trinajstić information content (AvgIpc) is 2.58. The van der Waals surface area contributed by atoms with E-state index in [1.54, 1.807) is 30.3 Å². The fourth-order valence-electron chi connectivity index (χ4n) is 1.70. The van der Waals surface area contributed by atoms with Crippen LogP contribution in [0.4, 0.5) is 0 Å². The second kappa shape index (κ2) is 8.28. The first-order chi connectivity index (χ1) is 10.8. The predicted octanol–water partition coefficient (Wildman–Crippen LogP) is 3.19. The molecule has 0 saturated carbocycles. The highest BCUT2D eigenvalue weighted by atomic mass is 16.6. The highest BCUT2D eigenvalue weighted by molar-refractivity contribution is 5.71. The van der Waals surface area contributed by atoms with E-state index < -0.39 is 5.97 Å². The summed E-state index contributed by atoms with van der Waals surface area (Å²) in [5, 5.41) is 8.68. The summed E-state index contributed by atoms with van der Waals surface area (Å²) in [6.45, 7) is 0.0372. The van der Waals surface area contributed by atoms with Gasteiger partial charge in [0.1, 0.15) is 12.4 Å². The number of nitrogens with zero attached hydrogens (tertiary/aromatic N) is 1. The van der Waals surface area contributed by atoms with Gasteiger partial charge in [-0.05, 0) is 35.9 Å². The lowest BCUT2D eigenvalue weighted by Gasteiger charge is -2.05. The van der Waals surface area contributed by atoms with Gasteiger partial charge in [0.15, 0.2) is 6.61 Å². The van der Waals surface area contributed by atoms with Crippen LogP contribution in [0.5, 0.6) is 5.75 Å². The summed E-state index contributed by atoms with van der Waals surface area (Å²) in [6.07, 6.45) is 3.66. The number of esters is 1. The molecule has 2 aromatic rings. The molecule has 0 N–H and O–H groups in total. The Kier molecular flexibility index (Phi) is 5.77. The molecule has 0 aliphatic rings. The Morgan fingerprint density at radius 1 is 1.09 bits per heavy atom. The van der Waals surface area contributed by atoms with Crippen LogP contribution in [0, 0.1) is 11.3 Å². The Morgan fingerprint density at radius 2 is 1.82 bits per heavy atom. The molecule has 0 unspecified atom stereocenters. The van der Waals surface area contributed by atoms with E-state index in [-0.39, 0.29) is 13.2 Å². The van der Waals surface area contributed by atoms with Gasteiger partial charge >= 0.3 is 5.97 Å². The molecular formula is C18H15NO3. The van der Waals surface area contributed by atoms with Gasteiger partial charge in [0.25, 0.3) is 0 Å². The maximum Gasteiger partial charge on any atom is 0.344 e. The molecule has 2 aromatic carbocycles. The van der Waals surface area contributed by atoms with Crippen molar-refractivity contribution in [3.05, 3.63) is 71.8 Å². The van der Waals surface area contributed by atoms with Crippen molar-refractivity contribution < 1.29 is 14.3 Å². The van der Waals surface area contributed by atoms with Crippen molar-refractivity contribution >= 4 is 12.0 Å². The van der Waals surface area contributed by atoms with Crippen molar-refractivity contribution in [1.82, 2.24) is 0 Å². The molecule has 2 rings (SSSR count). The highest BCUT2D eigenvalue weighted by Gasteiger charge is 2.03. The number of hydrogen-bond donors (Lipinski definition) is 0. The molecule has 0 aromatic heterocycles. The summed E-state index contributed by atoms with van der Waals surface area (Å²) < 4.78 is 10.3. The van der Waals surface area contributed by atoms with Gasteiger partial charge in [-0.3, -0.25) is 0 Å². The Labute approximate surface area is 129 Å². The fourth-order valence-corrected chi connectivity index (χ4v) is 1.70. The maximum absolute atomic E-state index is 11.5. The predicted molar refractivity (Wildman–Crippen MR) is 83.1 cm³/mol. The van der Waals surface area contributed by atoms with E-state index in [0.717, 1.165) is 5.56 Å². The summed E-state index contributed by atoms with van der Waals surface area (Å²) in [5.74, 6) is 0.0813. The second-order valence-corrected chi connectivity index (χ2v) is 4.42. The van der Waals surface area contributed by atoms with Crippen LogP contribution in [0.3, 0.4) is 0 Å². The summed E-state index contributed by atoms with van der Waals surface area (Å²) in [4.78, 5) is 11.5. The lowest BCUT2D eigenvalue weighted by molar-refractivity contribution is -0.144. The SMILES string of the molecule is N#Cc1ccc(OCC(=O)OC/C=C/c2ccccc2)cc1. The second-order valence-electron chi connectivity index (χ2n) is 4.42. The minimum Gasteiger partial charge on any atom is -0.482 e. The number of carbonyl (C=O) groups excluding carboxylic acids is 1. The smallest absolute Gasteiger partial charge is 0.344 e. The lowest BCUT2D eigenvalue weighted by atomic mass is 10.2. The molecule has 0 amide bonds. The van der Waals surface area contributed by atoms with Crippen LogP contribution in [-0.2, 0) is 9.53 Å². The minimum absolute atomic E-state index is 0.162. The first-order valence-electron chi connectivity index (χ1n) is 6.78. The van der Waals surface area contributed by atoms with Gasteiger partial charge in [-0.1, -0.05) is 36.4 Å². The largest absolute Gasteiger partial charge is 0.482 e. The van der Waals surface area contributed by atoms with Crippen molar-refractivity contribution in [3.8, 4) is 11.8 Å². The van der Waals surface area contributed by atoms with Gasteiger partial charge in [0.2, 0.25) is 0 Å². The third-order valence-corrected chi connectivity index (χ3v) is 2.79. The summed E-state index contributed by atoms with van der Waals surface area (Å²) in [5.41, 5.74) is 1.59. The third-order valence-electron chi connectivity index (χ3n) is 2.79. The lowest BCUT2D eigenvalue weighted by Crippen LogP contribution is -2.14. The van der Waals surface area contributed by atoms with Crippen LogP contribution < -0.4 is 4.74 Å². The van der Waals surface area contributed by atoms with E-state index in [0.29, 0.717) is 11.3 Å². The summed E-state index contributed by atoms with van der Waals surface area (Å²) in [6, 6.07) is 18.3. The summed E-state index contributed by atoms with van der Waals surface area (Å²) >= 11 is 0. The van der Waals surface area contributed by atoms with E-state index in [1.807, 2.05) is 42.5 Å². The molecule has 110 valence electrons. The molecule has 22 heavy (non-hydrogen) atoms. The van der Waals surface area contributed by atoms with Crippen molar-refractivity contribution in [2.24, 2.45) is 0 Å². The van der Waals surface area contributed by atoms with Gasteiger partial charge in [-0.15, -0.1) is 0 Å². The van der Waals surface area contributed by atoms with Crippen molar-refractivity contribution in [2.75, 3.05) is 13.2 Å². The number of hydrogen-bond acceptors (Lipinski definition) is 4. The number of nitriles is 1. The van der Waals surface area contributed by atoms with Gasteiger partial charge in [-0.25, -0.2) is 4.79 Å². The van der Waals surface area contributed by atoms with Gasteiger partial charge in [-0.2, -0.15) is 5.26 Å². The first kappa shape index (κ1) is 15.3. The van der Waals surface area contributed by atoms with Gasteiger partial charge in [0.05, 0.1) is 11.6 Å². The zero-order valence-electron chi connectivity index (χ0n) is 11.9. The molecule has 4 heteroatoms. The molecule has 0 bridgehead atoms. The number of carbonyl (C=O) groups is 1. The van der Waals surface area contributed by atoms with Crippen molar-refractivity contribution in [2.45, 2.75) is 0 Å². The number of benzene rings is 2. The van der Waals surface area contributed by atoms with Crippen molar-refractivity contribution in [3.63, 3.8) is 0 Å². The zero-order chi connectivity index (χ0) is 15.6. The van der Waals surface area contributed by atoms with Crippen LogP contribution in [-0.4, -0.2) is 19.2 Å². The standard InChI is InChI=1S/C18H15NO3/c19-13-16-8-10-17(11-9-16)22-14-18(20)21-12-4-7-15-5-2-1-3-6-15/h1-11H,12,14H2/b7-4+. The maximum atomic E-state index is 11.5. The Hall–Kier alpha value is -3.06. The molecule has 0 radical (unpaired) electrons. The Balaban J connectivity index is 1.69. The van der Waals surface area contributed by atoms with Gasteiger partial charge in [0, 0.05) is 0 Å². The minimum atomic E-state index is -0.443. The number of rotatable bonds is 6. The van der Waals surface area contributed by atoms with E-state index in [9.17, 15) is 4.79 Å². The molecule has 0 heterocycles. The van der Waals surface area contributed by atoms with Crippen LogP contribution in [0.1, 0.15) is 11.1 Å². The third kappa shape index (κ3) is 5.14. The van der Waals surface area contributed by atoms with Gasteiger partial charge < -0.3 is 9.47 Å². The Morgan fingerprint density at radius 3 is 2.50 bits per heavy atom. The fraction of sp³-hybridized carbons (Fsp3) is 0.111. The molecular weight excluding hydrogens is 278 g/mol. The molecule has 4 nitrogen and oxygen atoms in total. The summed E-state index contributed by atoms with van der Waals surface area (Å²) in [7, 11) is 0. The molecule has 0 atom stereocenters. The molecule has 0 saturated heterocycles. The quantitative estimate of drug-likeness (QED) is 0.767. The van der Waals surface area contributed by atoms with E-state index in [4.69, 9.17) is 14.7 Å². The zero-order valence-corrected chi connectivity index (χ0v) is 11.9. The van der Waals surface area contributed by atoms with E-state index >= 15 is 0 Å². The average molecular weight is 293 g/mol. The van der Waals surface area contributed by atoms with Crippen LogP contribution in [0.25, 0.3) is 6.08 Å². The van der Waals surface area contributed by atoms with E-state index in [1.165, 1.54) is 0 Å². The number of ether oxygens (including phenoxy) is 2. The van der Waals surface area contributed by atoms with Crippen LogP contribution in [0.2, 0.25) is 0 Å². The van der Waals surface area contributed by atoms with E-state index in [2.05, 4.69) is 0 Å². The molecule has 0 fully saturated rings. The molecule has 0 spiro atoms. The first-order valence-corrected chi connectivity index (χ1v) is 6.78. The molecule has 0 aliphatic heterocycles. The Bertz CT molecular complexity index is 670. The monoisotopic (exact) mass is 293 g/mol. The van der Waals surface area contributed by atoms with Crippen LogP contribution in [0.15, 0.2) is 60.7 Å². The molecule has 0 aliphatic carbocycles. The normalized spacial score (nSPS) is 10.1.